The van der Waals surface area contributed by atoms with Gasteiger partial charge in [0.05, 0.1) is 5.69 Å². The van der Waals surface area contributed by atoms with E-state index in [1.807, 2.05) is 6.92 Å². The van der Waals surface area contributed by atoms with Crippen LogP contribution in [0.1, 0.15) is 49.6 Å². The summed E-state index contributed by atoms with van der Waals surface area (Å²) in [5, 5.41) is 3.65. The molecule has 2 rings (SSSR count). The molecule has 5 heteroatoms. The maximum atomic E-state index is 11.7. The van der Waals surface area contributed by atoms with Crippen molar-refractivity contribution < 1.29 is 4.79 Å². The van der Waals surface area contributed by atoms with Gasteiger partial charge in [-0.15, -0.1) is 11.3 Å². The van der Waals surface area contributed by atoms with Crippen LogP contribution in [0.5, 0.6) is 0 Å². The summed E-state index contributed by atoms with van der Waals surface area (Å²) in [4.78, 5) is 17.6. The van der Waals surface area contributed by atoms with Gasteiger partial charge >= 0.3 is 0 Å². The molecular weight excluding hydrogens is 246 g/mol. The molecule has 0 saturated carbocycles. The van der Waals surface area contributed by atoms with Gasteiger partial charge < -0.3 is 11.1 Å². The van der Waals surface area contributed by atoms with Gasteiger partial charge in [-0.25, -0.2) is 4.98 Å². The van der Waals surface area contributed by atoms with Crippen LogP contribution in [0, 0.1) is 0 Å². The molecule has 3 N–H and O–H groups in total. The quantitative estimate of drug-likeness (QED) is 0.823. The molecule has 0 radical (unpaired) electrons. The second kappa shape index (κ2) is 6.29. The standard InChI is InChI=1S/C13H21N3OS/c1-9(14)7-8-12(17)16-13-15-10-5-3-2-4-6-11(10)18-13/h9H,2-8,14H2,1H3,(H,15,16,17). The summed E-state index contributed by atoms with van der Waals surface area (Å²) >= 11 is 1.64. The number of anilines is 1. The van der Waals surface area contributed by atoms with E-state index in [0.717, 1.165) is 24.4 Å². The van der Waals surface area contributed by atoms with E-state index in [0.29, 0.717) is 6.42 Å². The van der Waals surface area contributed by atoms with Crippen molar-refractivity contribution in [2.24, 2.45) is 5.73 Å². The van der Waals surface area contributed by atoms with Crippen molar-refractivity contribution in [3.05, 3.63) is 10.6 Å². The minimum absolute atomic E-state index is 0.0243. The lowest BCUT2D eigenvalue weighted by atomic mass is 10.2. The van der Waals surface area contributed by atoms with E-state index < -0.39 is 0 Å². The molecule has 1 aliphatic rings. The van der Waals surface area contributed by atoms with Crippen LogP contribution in [0.25, 0.3) is 0 Å². The van der Waals surface area contributed by atoms with Gasteiger partial charge in [-0.3, -0.25) is 4.79 Å². The molecule has 0 aromatic carbocycles. The van der Waals surface area contributed by atoms with Gasteiger partial charge in [-0.1, -0.05) is 6.42 Å². The third-order valence-corrected chi connectivity index (χ3v) is 4.24. The Balaban J connectivity index is 1.92. The Morgan fingerprint density at radius 2 is 2.22 bits per heavy atom. The molecule has 0 fully saturated rings. The van der Waals surface area contributed by atoms with Crippen molar-refractivity contribution in [1.82, 2.24) is 4.98 Å². The number of thiazole rings is 1. The van der Waals surface area contributed by atoms with E-state index in [9.17, 15) is 4.79 Å². The molecule has 1 aliphatic carbocycles. The average Bonchev–Trinajstić information content (AvgIpc) is 2.56. The van der Waals surface area contributed by atoms with E-state index in [1.54, 1.807) is 11.3 Å². The average molecular weight is 267 g/mol. The van der Waals surface area contributed by atoms with Crippen LogP contribution in [0.3, 0.4) is 0 Å². The Morgan fingerprint density at radius 1 is 1.44 bits per heavy atom. The maximum Gasteiger partial charge on any atom is 0.226 e. The van der Waals surface area contributed by atoms with Gasteiger partial charge in [0.25, 0.3) is 0 Å². The number of hydrogen-bond donors (Lipinski definition) is 2. The molecule has 1 heterocycles. The molecule has 100 valence electrons. The molecule has 1 amide bonds. The molecule has 0 aliphatic heterocycles. The third-order valence-electron chi connectivity index (χ3n) is 3.17. The highest BCUT2D eigenvalue weighted by Crippen LogP contribution is 2.28. The Morgan fingerprint density at radius 3 is 3.00 bits per heavy atom. The number of amides is 1. The number of fused-ring (bicyclic) bond motifs is 1. The highest BCUT2D eigenvalue weighted by Gasteiger charge is 2.15. The van der Waals surface area contributed by atoms with Gasteiger partial charge in [-0.2, -0.15) is 0 Å². The molecule has 1 unspecified atom stereocenters. The smallest absolute Gasteiger partial charge is 0.226 e. The predicted molar refractivity (Wildman–Crippen MR) is 74.9 cm³/mol. The summed E-state index contributed by atoms with van der Waals surface area (Å²) in [6.45, 7) is 1.92. The van der Waals surface area contributed by atoms with Gasteiger partial charge in [0.1, 0.15) is 0 Å². The fraction of sp³-hybridized carbons (Fsp3) is 0.692. The van der Waals surface area contributed by atoms with E-state index in [1.165, 1.54) is 29.8 Å². The van der Waals surface area contributed by atoms with Crippen molar-refractivity contribution in [2.75, 3.05) is 5.32 Å². The number of nitrogens with one attached hydrogen (secondary N) is 1. The largest absolute Gasteiger partial charge is 0.328 e. The molecule has 0 spiro atoms. The van der Waals surface area contributed by atoms with Crippen LogP contribution in [0.15, 0.2) is 0 Å². The normalized spacial score (nSPS) is 16.8. The molecule has 0 saturated heterocycles. The summed E-state index contributed by atoms with van der Waals surface area (Å²) in [5.41, 5.74) is 6.83. The molecule has 1 atom stereocenters. The lowest BCUT2D eigenvalue weighted by Crippen LogP contribution is -2.19. The van der Waals surface area contributed by atoms with Crippen LogP contribution in [0.4, 0.5) is 5.13 Å². The van der Waals surface area contributed by atoms with E-state index in [4.69, 9.17) is 5.73 Å². The number of aryl methyl sites for hydroxylation is 2. The van der Waals surface area contributed by atoms with Crippen LogP contribution in [-0.2, 0) is 17.6 Å². The van der Waals surface area contributed by atoms with Crippen molar-refractivity contribution >= 4 is 22.4 Å². The van der Waals surface area contributed by atoms with Crippen molar-refractivity contribution in [1.29, 1.82) is 0 Å². The number of nitrogens with two attached hydrogens (primary N) is 1. The zero-order valence-corrected chi connectivity index (χ0v) is 11.7. The summed E-state index contributed by atoms with van der Waals surface area (Å²) in [5.74, 6) is 0.0243. The lowest BCUT2D eigenvalue weighted by molar-refractivity contribution is -0.116. The van der Waals surface area contributed by atoms with Crippen molar-refractivity contribution in [3.8, 4) is 0 Å². The first-order valence-corrected chi connectivity index (χ1v) is 7.51. The van der Waals surface area contributed by atoms with Crippen molar-refractivity contribution in [3.63, 3.8) is 0 Å². The minimum atomic E-state index is 0.0243. The summed E-state index contributed by atoms with van der Waals surface area (Å²) in [6.07, 6.45) is 7.12. The van der Waals surface area contributed by atoms with Crippen LogP contribution < -0.4 is 11.1 Å². The van der Waals surface area contributed by atoms with E-state index in [2.05, 4.69) is 10.3 Å². The maximum absolute atomic E-state index is 11.7. The van der Waals surface area contributed by atoms with Crippen LogP contribution >= 0.6 is 11.3 Å². The highest BCUT2D eigenvalue weighted by molar-refractivity contribution is 7.15. The fourth-order valence-electron chi connectivity index (χ4n) is 2.12. The number of carbonyl (C=O) groups is 1. The second-order valence-corrected chi connectivity index (χ2v) is 6.10. The van der Waals surface area contributed by atoms with Crippen molar-refractivity contribution in [2.45, 2.75) is 57.9 Å². The molecule has 1 aromatic rings. The monoisotopic (exact) mass is 267 g/mol. The lowest BCUT2D eigenvalue weighted by Gasteiger charge is -2.04. The summed E-state index contributed by atoms with van der Waals surface area (Å²) in [7, 11) is 0. The number of aromatic nitrogens is 1. The number of rotatable bonds is 4. The first-order valence-electron chi connectivity index (χ1n) is 6.69. The zero-order valence-electron chi connectivity index (χ0n) is 10.9. The number of carbonyl (C=O) groups excluding carboxylic acids is 1. The number of nitrogens with zero attached hydrogens (tertiary/aromatic N) is 1. The molecule has 1 aromatic heterocycles. The van der Waals surface area contributed by atoms with Gasteiger partial charge in [0.2, 0.25) is 5.91 Å². The Bertz CT molecular complexity index is 391. The first-order chi connectivity index (χ1) is 8.65. The summed E-state index contributed by atoms with van der Waals surface area (Å²) in [6, 6.07) is 0.0729. The number of hydrogen-bond acceptors (Lipinski definition) is 4. The van der Waals surface area contributed by atoms with Gasteiger partial charge in [0.15, 0.2) is 5.13 Å². The first kappa shape index (κ1) is 13.5. The summed E-state index contributed by atoms with van der Waals surface area (Å²) < 4.78 is 0. The Labute approximate surface area is 112 Å². The van der Waals surface area contributed by atoms with Gasteiger partial charge in [-0.05, 0) is 39.0 Å². The zero-order chi connectivity index (χ0) is 13.0. The van der Waals surface area contributed by atoms with Crippen LogP contribution in [-0.4, -0.2) is 16.9 Å². The Kier molecular flexibility index (Phi) is 4.72. The fourth-order valence-corrected chi connectivity index (χ4v) is 3.19. The molecule has 0 bridgehead atoms. The minimum Gasteiger partial charge on any atom is -0.328 e. The molecule has 18 heavy (non-hydrogen) atoms. The van der Waals surface area contributed by atoms with E-state index >= 15 is 0 Å². The molecular formula is C13H21N3OS. The SMILES string of the molecule is CC(N)CCC(=O)Nc1nc2c(s1)CCCCC2. The second-order valence-electron chi connectivity index (χ2n) is 5.01. The topological polar surface area (TPSA) is 68.0 Å². The van der Waals surface area contributed by atoms with E-state index in [-0.39, 0.29) is 11.9 Å². The predicted octanol–water partition coefficient (Wildman–Crippen LogP) is 2.48. The van der Waals surface area contributed by atoms with Crippen LogP contribution in [0.2, 0.25) is 0 Å². The third kappa shape index (κ3) is 3.78. The van der Waals surface area contributed by atoms with Gasteiger partial charge in [0, 0.05) is 17.3 Å². The molecule has 4 nitrogen and oxygen atoms in total. The highest BCUT2D eigenvalue weighted by atomic mass is 32.1. The Hall–Kier alpha value is -0.940.